The fourth-order valence-corrected chi connectivity index (χ4v) is 0.597. The number of carboxylic acid groups (broad SMARTS) is 1. The van der Waals surface area contributed by atoms with E-state index in [1.165, 1.54) is 0 Å². The molecule has 1 N–H and O–H groups in total. The average Bonchev–Trinajstić information content (AvgIpc) is 1.99. The molecule has 72 valence electrons. The van der Waals surface area contributed by atoms with Crippen LogP contribution in [-0.4, -0.2) is 29.8 Å². The molecule has 0 aromatic carbocycles. The smallest absolute Gasteiger partial charge is 0.450 e. The number of hydrogen-bond donors (Lipinski definition) is 1. The Morgan fingerprint density at radius 3 is 2.46 bits per heavy atom. The van der Waals surface area contributed by atoms with Crippen molar-refractivity contribution in [1.82, 2.24) is 0 Å². The molecule has 1 fully saturated rings. The van der Waals surface area contributed by atoms with Gasteiger partial charge in [-0.05, 0) is 0 Å². The second-order valence-corrected chi connectivity index (χ2v) is 2.02. The minimum Gasteiger partial charge on any atom is -0.450 e. The zero-order valence-electron chi connectivity index (χ0n) is 6.39. The summed E-state index contributed by atoms with van der Waals surface area (Å²) in [7, 11) is 0. The molecule has 0 aromatic heterocycles. The quantitative estimate of drug-likeness (QED) is 0.290. The maximum atomic E-state index is 10.7. The summed E-state index contributed by atoms with van der Waals surface area (Å²) in [5, 5.41) is 8.22. The normalized spacial score (nSPS) is 25.5. The summed E-state index contributed by atoms with van der Waals surface area (Å²) in [4.78, 5) is 29.1. The lowest BCUT2D eigenvalue weighted by atomic mass is 10.5. The second kappa shape index (κ2) is 3.42. The summed E-state index contributed by atoms with van der Waals surface area (Å²) in [5.74, 6) is -2.85. The van der Waals surface area contributed by atoms with Crippen LogP contribution in [0, 0.1) is 0 Å². The number of rotatable bonds is 3. The lowest BCUT2D eigenvalue weighted by Crippen LogP contribution is -2.54. The van der Waals surface area contributed by atoms with Crippen molar-refractivity contribution in [3.63, 3.8) is 0 Å². The lowest BCUT2D eigenvalue weighted by molar-refractivity contribution is -0.586. The molecular formula is C6H6O7. The molecule has 1 heterocycles. The predicted molar refractivity (Wildman–Crippen MR) is 35.2 cm³/mol. The number of carbonyl (C=O) groups is 2. The SMILES string of the molecule is C=CC(=O)OC1(OC(=O)O)COO1. The third-order valence-corrected chi connectivity index (χ3v) is 1.09. The van der Waals surface area contributed by atoms with E-state index >= 15 is 0 Å². The van der Waals surface area contributed by atoms with Crippen LogP contribution < -0.4 is 0 Å². The van der Waals surface area contributed by atoms with E-state index in [4.69, 9.17) is 5.11 Å². The Morgan fingerprint density at radius 2 is 2.15 bits per heavy atom. The fraction of sp³-hybridized carbons (Fsp3) is 0.333. The van der Waals surface area contributed by atoms with Gasteiger partial charge in [0, 0.05) is 6.08 Å². The Labute approximate surface area is 72.4 Å². The largest absolute Gasteiger partial charge is 0.511 e. The average molecular weight is 190 g/mol. The third kappa shape index (κ3) is 2.17. The zero-order valence-corrected chi connectivity index (χ0v) is 6.39. The van der Waals surface area contributed by atoms with Crippen LogP contribution in [0.15, 0.2) is 12.7 Å². The van der Waals surface area contributed by atoms with Crippen LogP contribution in [0.1, 0.15) is 0 Å². The van der Waals surface area contributed by atoms with E-state index in [1.807, 2.05) is 0 Å². The molecule has 1 rings (SSSR count). The topological polar surface area (TPSA) is 91.3 Å². The molecule has 7 nitrogen and oxygen atoms in total. The first-order valence-electron chi connectivity index (χ1n) is 3.16. The van der Waals surface area contributed by atoms with Crippen molar-refractivity contribution < 1.29 is 33.9 Å². The van der Waals surface area contributed by atoms with Crippen LogP contribution >= 0.6 is 0 Å². The predicted octanol–water partition coefficient (Wildman–Crippen LogP) is 0.0258. The number of esters is 1. The molecule has 0 aliphatic carbocycles. The highest BCUT2D eigenvalue weighted by atomic mass is 17.3. The highest BCUT2D eigenvalue weighted by molar-refractivity contribution is 5.81. The van der Waals surface area contributed by atoms with Gasteiger partial charge in [0.25, 0.3) is 0 Å². The van der Waals surface area contributed by atoms with E-state index in [1.54, 1.807) is 0 Å². The van der Waals surface area contributed by atoms with Gasteiger partial charge in [-0.15, -0.1) is 4.89 Å². The van der Waals surface area contributed by atoms with E-state index < -0.39 is 18.1 Å². The van der Waals surface area contributed by atoms with Gasteiger partial charge in [-0.3, -0.25) is 0 Å². The van der Waals surface area contributed by atoms with Gasteiger partial charge in [0.1, 0.15) is 0 Å². The van der Waals surface area contributed by atoms with Crippen molar-refractivity contribution in [2.24, 2.45) is 0 Å². The van der Waals surface area contributed by atoms with Gasteiger partial charge in [-0.2, -0.15) is 0 Å². The molecule has 0 amide bonds. The van der Waals surface area contributed by atoms with E-state index in [-0.39, 0.29) is 6.61 Å². The maximum Gasteiger partial charge on any atom is 0.511 e. The maximum absolute atomic E-state index is 10.7. The van der Waals surface area contributed by atoms with Crippen molar-refractivity contribution >= 4 is 12.1 Å². The summed E-state index contributed by atoms with van der Waals surface area (Å²) in [6.45, 7) is 2.80. The first kappa shape index (κ1) is 9.49. The standard InChI is InChI=1S/C6H6O7/c1-2-4(7)11-6(3-10-13-6)12-5(8)9/h2H,1,3H2,(H,8,9). The van der Waals surface area contributed by atoms with Gasteiger partial charge in [0.2, 0.25) is 0 Å². The third-order valence-electron chi connectivity index (χ3n) is 1.09. The zero-order chi connectivity index (χ0) is 9.90. The molecular weight excluding hydrogens is 184 g/mol. The van der Waals surface area contributed by atoms with Crippen LogP contribution in [0.5, 0.6) is 0 Å². The molecule has 0 bridgehead atoms. The summed E-state index contributed by atoms with van der Waals surface area (Å²) >= 11 is 0. The molecule has 0 saturated carbocycles. The van der Waals surface area contributed by atoms with Crippen LogP contribution in [0.3, 0.4) is 0 Å². The van der Waals surface area contributed by atoms with Crippen molar-refractivity contribution in [3.05, 3.63) is 12.7 Å². The van der Waals surface area contributed by atoms with Crippen molar-refractivity contribution in [3.8, 4) is 0 Å². The molecule has 13 heavy (non-hydrogen) atoms. The summed E-state index contributed by atoms with van der Waals surface area (Å²) < 4.78 is 8.55. The van der Waals surface area contributed by atoms with E-state index in [2.05, 4.69) is 25.8 Å². The minimum atomic E-state index is -1.98. The van der Waals surface area contributed by atoms with Gasteiger partial charge < -0.3 is 14.6 Å². The number of carbonyl (C=O) groups excluding carboxylic acids is 1. The van der Waals surface area contributed by atoms with E-state index in [0.717, 1.165) is 6.08 Å². The van der Waals surface area contributed by atoms with Crippen LogP contribution in [0.25, 0.3) is 0 Å². The van der Waals surface area contributed by atoms with Gasteiger partial charge in [0.15, 0.2) is 6.61 Å². The molecule has 1 atom stereocenters. The number of ether oxygens (including phenoxy) is 2. The molecule has 1 aliphatic heterocycles. The molecule has 1 unspecified atom stereocenters. The van der Waals surface area contributed by atoms with Crippen molar-refractivity contribution in [1.29, 1.82) is 0 Å². The van der Waals surface area contributed by atoms with Crippen LogP contribution in [0.4, 0.5) is 4.79 Å². The van der Waals surface area contributed by atoms with E-state index in [0.29, 0.717) is 0 Å². The molecule has 1 aliphatic rings. The molecule has 7 heteroatoms. The Morgan fingerprint density at radius 1 is 1.54 bits per heavy atom. The molecule has 0 spiro atoms. The van der Waals surface area contributed by atoms with Gasteiger partial charge in [0.05, 0.1) is 0 Å². The lowest BCUT2D eigenvalue weighted by Gasteiger charge is -2.34. The molecule has 0 radical (unpaired) electrons. The first-order chi connectivity index (χ1) is 6.08. The van der Waals surface area contributed by atoms with Crippen LogP contribution in [0.2, 0.25) is 0 Å². The van der Waals surface area contributed by atoms with E-state index in [9.17, 15) is 9.59 Å². The second-order valence-electron chi connectivity index (χ2n) is 2.02. The summed E-state index contributed by atoms with van der Waals surface area (Å²) in [6.07, 6.45) is -0.797. The van der Waals surface area contributed by atoms with Crippen molar-refractivity contribution in [2.45, 2.75) is 5.97 Å². The Balaban J connectivity index is 2.54. The Kier molecular flexibility index (Phi) is 2.49. The van der Waals surface area contributed by atoms with Crippen LogP contribution in [-0.2, 0) is 24.0 Å². The monoisotopic (exact) mass is 190 g/mol. The highest BCUT2D eigenvalue weighted by Crippen LogP contribution is 2.25. The van der Waals surface area contributed by atoms with Crippen molar-refractivity contribution in [2.75, 3.05) is 6.61 Å². The first-order valence-corrected chi connectivity index (χ1v) is 3.16. The summed E-state index contributed by atoms with van der Waals surface area (Å²) in [5.41, 5.74) is 0. The Hall–Kier alpha value is -1.60. The van der Waals surface area contributed by atoms with Gasteiger partial charge in [-0.25, -0.2) is 14.5 Å². The highest BCUT2D eigenvalue weighted by Gasteiger charge is 2.50. The molecule has 0 aromatic rings. The molecule has 1 saturated heterocycles. The van der Waals surface area contributed by atoms with Gasteiger partial charge >= 0.3 is 18.1 Å². The Bertz CT molecular complexity index is 241. The summed E-state index contributed by atoms with van der Waals surface area (Å²) in [6, 6.07) is 0. The number of hydrogen-bond acceptors (Lipinski definition) is 6. The minimum absolute atomic E-state index is 0.307. The fourth-order valence-electron chi connectivity index (χ4n) is 0.597. The van der Waals surface area contributed by atoms with Gasteiger partial charge in [-0.1, -0.05) is 6.58 Å².